The van der Waals surface area contributed by atoms with E-state index in [0.29, 0.717) is 0 Å². The molecule has 1 aliphatic rings. The van der Waals surface area contributed by atoms with Crippen LogP contribution < -0.4 is 0 Å². The molecule has 0 aromatic carbocycles. The fraction of sp³-hybridized carbons (Fsp3) is 1.00. The van der Waals surface area contributed by atoms with Gasteiger partial charge in [-0.25, -0.2) is 0 Å². The molecule has 0 radical (unpaired) electrons. The second-order valence-corrected chi connectivity index (χ2v) is 4.73. The molecule has 0 saturated carbocycles. The van der Waals surface area contributed by atoms with Crippen molar-refractivity contribution in [1.29, 1.82) is 0 Å². The molecule has 1 atom stereocenters. The highest BCUT2D eigenvalue weighted by molar-refractivity contribution is 6.33. The molecule has 0 aromatic rings. The topological polar surface area (TPSA) is 18.5 Å². The summed E-state index contributed by atoms with van der Waals surface area (Å²) >= 11 is 0. The molecule has 1 heterocycles. The Balaban J connectivity index is 1.86. The van der Waals surface area contributed by atoms with Crippen LogP contribution in [0.5, 0.6) is 0 Å². The van der Waals surface area contributed by atoms with Crippen molar-refractivity contribution in [1.82, 2.24) is 0 Å². The van der Waals surface area contributed by atoms with Crippen LogP contribution in [-0.2, 0) is 9.47 Å². The molecule has 11 heavy (non-hydrogen) atoms. The maximum absolute atomic E-state index is 5.50. The van der Waals surface area contributed by atoms with Gasteiger partial charge < -0.3 is 9.47 Å². The molecule has 0 bridgehead atoms. The molecule has 0 aromatic heterocycles. The molecule has 3 heteroatoms. The molecule has 0 spiro atoms. The highest BCUT2D eigenvalue weighted by Crippen LogP contribution is 2.13. The standard InChI is InChI=1S/C8H18O2Si/c1-11-7-3-6-10-8-4-2-5-9-8/h8H,2-7,11H2,1H3. The van der Waals surface area contributed by atoms with Crippen molar-refractivity contribution in [2.75, 3.05) is 13.2 Å². The Morgan fingerprint density at radius 1 is 1.64 bits per heavy atom. The summed E-state index contributed by atoms with van der Waals surface area (Å²) in [4.78, 5) is 0. The SMILES string of the molecule is C[SiH2]CCCOC1CCCO1. The molecule has 0 amide bonds. The van der Waals surface area contributed by atoms with Crippen molar-refractivity contribution in [2.24, 2.45) is 0 Å². The Labute approximate surface area is 71.1 Å². The van der Waals surface area contributed by atoms with Gasteiger partial charge in [0.25, 0.3) is 0 Å². The average Bonchev–Trinajstić information content (AvgIpc) is 2.50. The third kappa shape index (κ3) is 3.89. The van der Waals surface area contributed by atoms with Gasteiger partial charge in [-0.05, 0) is 12.8 Å². The molecular weight excluding hydrogens is 156 g/mol. The summed E-state index contributed by atoms with van der Waals surface area (Å²) in [7, 11) is 0.251. The maximum atomic E-state index is 5.50. The summed E-state index contributed by atoms with van der Waals surface area (Å²) < 4.78 is 10.8. The van der Waals surface area contributed by atoms with Crippen LogP contribution >= 0.6 is 0 Å². The first-order valence-electron chi connectivity index (χ1n) is 4.66. The van der Waals surface area contributed by atoms with E-state index in [0.717, 1.165) is 19.6 Å². The van der Waals surface area contributed by atoms with Gasteiger partial charge in [0.1, 0.15) is 0 Å². The Bertz CT molecular complexity index is 92.1. The van der Waals surface area contributed by atoms with E-state index >= 15 is 0 Å². The van der Waals surface area contributed by atoms with E-state index < -0.39 is 0 Å². The summed E-state index contributed by atoms with van der Waals surface area (Å²) in [5.41, 5.74) is 0. The minimum absolute atomic E-state index is 0.133. The molecule has 66 valence electrons. The first-order chi connectivity index (χ1) is 5.43. The zero-order valence-corrected chi connectivity index (χ0v) is 8.76. The van der Waals surface area contributed by atoms with E-state index in [1.807, 2.05) is 0 Å². The lowest BCUT2D eigenvalue weighted by molar-refractivity contribution is -0.110. The lowest BCUT2D eigenvalue weighted by Crippen LogP contribution is -2.11. The highest BCUT2D eigenvalue weighted by atomic mass is 28.2. The van der Waals surface area contributed by atoms with Crippen LogP contribution in [0.25, 0.3) is 0 Å². The molecule has 1 unspecified atom stereocenters. The smallest absolute Gasteiger partial charge is 0.157 e. The average molecular weight is 174 g/mol. The summed E-state index contributed by atoms with van der Waals surface area (Å²) in [6.45, 7) is 4.14. The van der Waals surface area contributed by atoms with Gasteiger partial charge in [-0.2, -0.15) is 0 Å². The summed E-state index contributed by atoms with van der Waals surface area (Å²) in [5, 5.41) is 0. The van der Waals surface area contributed by atoms with Crippen molar-refractivity contribution >= 4 is 9.52 Å². The van der Waals surface area contributed by atoms with Crippen molar-refractivity contribution in [3.8, 4) is 0 Å². The van der Waals surface area contributed by atoms with E-state index in [1.165, 1.54) is 18.9 Å². The highest BCUT2D eigenvalue weighted by Gasteiger charge is 2.14. The Morgan fingerprint density at radius 3 is 3.18 bits per heavy atom. The number of hydrogen-bond acceptors (Lipinski definition) is 2. The predicted octanol–water partition coefficient (Wildman–Crippen LogP) is 1.16. The number of rotatable bonds is 5. The van der Waals surface area contributed by atoms with Crippen molar-refractivity contribution in [3.63, 3.8) is 0 Å². The molecule has 1 fully saturated rings. The van der Waals surface area contributed by atoms with Gasteiger partial charge in [-0.15, -0.1) is 0 Å². The zero-order valence-electron chi connectivity index (χ0n) is 7.34. The third-order valence-electron chi connectivity index (χ3n) is 1.94. The van der Waals surface area contributed by atoms with Crippen LogP contribution in [0.1, 0.15) is 19.3 Å². The van der Waals surface area contributed by atoms with Gasteiger partial charge in [0.05, 0.1) is 0 Å². The van der Waals surface area contributed by atoms with Gasteiger partial charge in [-0.1, -0.05) is 12.6 Å². The van der Waals surface area contributed by atoms with Gasteiger partial charge in [-0.3, -0.25) is 0 Å². The van der Waals surface area contributed by atoms with E-state index in [1.54, 1.807) is 0 Å². The fourth-order valence-corrected chi connectivity index (χ4v) is 1.95. The van der Waals surface area contributed by atoms with Gasteiger partial charge in [0.2, 0.25) is 0 Å². The van der Waals surface area contributed by atoms with Crippen LogP contribution in [0.4, 0.5) is 0 Å². The predicted molar refractivity (Wildman–Crippen MR) is 48.8 cm³/mol. The largest absolute Gasteiger partial charge is 0.353 e. The van der Waals surface area contributed by atoms with E-state index in [9.17, 15) is 0 Å². The quantitative estimate of drug-likeness (QED) is 0.460. The second kappa shape index (κ2) is 5.74. The molecule has 0 aliphatic carbocycles. The maximum Gasteiger partial charge on any atom is 0.157 e. The Kier molecular flexibility index (Phi) is 4.82. The molecule has 0 N–H and O–H groups in total. The first kappa shape index (κ1) is 9.23. The minimum atomic E-state index is 0.133. The minimum Gasteiger partial charge on any atom is -0.353 e. The Morgan fingerprint density at radius 2 is 2.55 bits per heavy atom. The Hall–Kier alpha value is 0.137. The van der Waals surface area contributed by atoms with E-state index in [-0.39, 0.29) is 15.8 Å². The second-order valence-electron chi connectivity index (χ2n) is 3.02. The lowest BCUT2D eigenvalue weighted by Gasteiger charge is -2.09. The van der Waals surface area contributed by atoms with Crippen molar-refractivity contribution in [2.45, 2.75) is 38.1 Å². The van der Waals surface area contributed by atoms with Gasteiger partial charge >= 0.3 is 0 Å². The third-order valence-corrected chi connectivity index (χ3v) is 3.15. The van der Waals surface area contributed by atoms with Crippen LogP contribution in [-0.4, -0.2) is 29.0 Å². The van der Waals surface area contributed by atoms with E-state index in [4.69, 9.17) is 9.47 Å². The molecule has 1 saturated heterocycles. The van der Waals surface area contributed by atoms with Crippen LogP contribution in [0.15, 0.2) is 0 Å². The number of ether oxygens (including phenoxy) is 2. The summed E-state index contributed by atoms with van der Waals surface area (Å²) in [6, 6.07) is 1.41. The molecule has 2 nitrogen and oxygen atoms in total. The molecule has 1 aliphatic heterocycles. The molecule has 1 rings (SSSR count). The first-order valence-corrected chi connectivity index (χ1v) is 7.08. The van der Waals surface area contributed by atoms with Crippen LogP contribution in [0.2, 0.25) is 12.6 Å². The van der Waals surface area contributed by atoms with E-state index in [2.05, 4.69) is 6.55 Å². The summed E-state index contributed by atoms with van der Waals surface area (Å²) in [6.07, 6.45) is 3.65. The van der Waals surface area contributed by atoms with Gasteiger partial charge in [0, 0.05) is 29.2 Å². The van der Waals surface area contributed by atoms with Gasteiger partial charge in [0.15, 0.2) is 6.29 Å². The normalized spacial score (nSPS) is 25.4. The van der Waals surface area contributed by atoms with Crippen molar-refractivity contribution in [3.05, 3.63) is 0 Å². The zero-order chi connectivity index (χ0) is 7.94. The van der Waals surface area contributed by atoms with Crippen molar-refractivity contribution < 1.29 is 9.47 Å². The van der Waals surface area contributed by atoms with Crippen LogP contribution in [0, 0.1) is 0 Å². The molecular formula is C8H18O2Si. The van der Waals surface area contributed by atoms with Crippen LogP contribution in [0.3, 0.4) is 0 Å². The summed E-state index contributed by atoms with van der Waals surface area (Å²) in [5.74, 6) is 0. The number of hydrogen-bond donors (Lipinski definition) is 0. The lowest BCUT2D eigenvalue weighted by atomic mass is 10.4. The monoisotopic (exact) mass is 174 g/mol. The fourth-order valence-electron chi connectivity index (χ4n) is 1.25.